The normalized spacial score (nSPS) is 20.3. The molecule has 1 fully saturated rings. The first-order valence-electron chi connectivity index (χ1n) is 7.14. The minimum Gasteiger partial charge on any atom is -0.325 e. The lowest BCUT2D eigenvalue weighted by atomic mass is 10.0. The molecule has 3 nitrogen and oxygen atoms in total. The van der Waals surface area contributed by atoms with Crippen LogP contribution in [0.15, 0.2) is 18.2 Å². The Labute approximate surface area is 116 Å². The van der Waals surface area contributed by atoms with Crippen molar-refractivity contribution in [3.8, 4) is 0 Å². The molecule has 1 aromatic carbocycles. The van der Waals surface area contributed by atoms with Gasteiger partial charge in [0, 0.05) is 12.2 Å². The highest BCUT2D eigenvalue weighted by Crippen LogP contribution is 2.17. The van der Waals surface area contributed by atoms with Crippen molar-refractivity contribution < 1.29 is 4.79 Å². The Morgan fingerprint density at radius 3 is 2.89 bits per heavy atom. The highest BCUT2D eigenvalue weighted by Gasteiger charge is 2.18. The lowest BCUT2D eigenvalue weighted by molar-refractivity contribution is -0.117. The Bertz CT molecular complexity index is 456. The Kier molecular flexibility index (Phi) is 4.59. The van der Waals surface area contributed by atoms with E-state index in [-0.39, 0.29) is 5.91 Å². The minimum absolute atomic E-state index is 0.0982. The molecule has 0 aromatic heterocycles. The number of rotatable bonds is 3. The summed E-state index contributed by atoms with van der Waals surface area (Å²) in [5.41, 5.74) is 3.28. The van der Waals surface area contributed by atoms with Crippen LogP contribution in [0, 0.1) is 19.8 Å². The number of carbonyl (C=O) groups excluding carboxylic acids is 1. The van der Waals surface area contributed by atoms with Crippen LogP contribution in [0.2, 0.25) is 0 Å². The smallest absolute Gasteiger partial charge is 0.238 e. The average molecular weight is 260 g/mol. The van der Waals surface area contributed by atoms with Crippen LogP contribution in [-0.2, 0) is 4.79 Å². The Morgan fingerprint density at radius 2 is 2.21 bits per heavy atom. The van der Waals surface area contributed by atoms with Gasteiger partial charge in [-0.15, -0.1) is 0 Å². The van der Waals surface area contributed by atoms with E-state index in [2.05, 4.69) is 30.1 Å². The Hall–Kier alpha value is -1.35. The molecule has 104 valence electrons. The number of aryl methyl sites for hydroxylation is 2. The third kappa shape index (κ3) is 4.06. The van der Waals surface area contributed by atoms with Crippen molar-refractivity contribution in [2.24, 2.45) is 5.92 Å². The maximum absolute atomic E-state index is 12.1. The van der Waals surface area contributed by atoms with E-state index in [9.17, 15) is 4.79 Å². The zero-order chi connectivity index (χ0) is 13.8. The molecular weight excluding hydrogens is 236 g/mol. The van der Waals surface area contributed by atoms with Gasteiger partial charge in [-0.1, -0.05) is 24.6 Å². The molecule has 1 aliphatic heterocycles. The van der Waals surface area contributed by atoms with Crippen molar-refractivity contribution in [2.45, 2.75) is 33.6 Å². The summed E-state index contributed by atoms with van der Waals surface area (Å²) in [7, 11) is 0. The maximum Gasteiger partial charge on any atom is 0.238 e. The number of nitrogens with zero attached hydrogens (tertiary/aromatic N) is 1. The number of nitrogens with one attached hydrogen (secondary N) is 1. The van der Waals surface area contributed by atoms with Gasteiger partial charge in [0.25, 0.3) is 0 Å². The molecule has 0 unspecified atom stereocenters. The molecule has 1 atom stereocenters. The zero-order valence-electron chi connectivity index (χ0n) is 12.2. The first-order chi connectivity index (χ1) is 9.04. The number of likely N-dealkylation sites (tertiary alicyclic amines) is 1. The standard InChI is InChI=1S/C16H24N2O/c1-12-6-7-15(14(3)9-12)17-16(19)11-18-8-4-5-13(2)10-18/h6-7,9,13H,4-5,8,10-11H2,1-3H3,(H,17,19)/t13-/m0/s1. The molecule has 1 aliphatic rings. The van der Waals surface area contributed by atoms with Crippen molar-refractivity contribution in [1.82, 2.24) is 4.90 Å². The fourth-order valence-corrected chi connectivity index (χ4v) is 2.78. The van der Waals surface area contributed by atoms with E-state index in [4.69, 9.17) is 0 Å². The average Bonchev–Trinajstić information content (AvgIpc) is 2.33. The van der Waals surface area contributed by atoms with Crippen LogP contribution >= 0.6 is 0 Å². The molecule has 0 bridgehead atoms. The number of anilines is 1. The van der Waals surface area contributed by atoms with Gasteiger partial charge in [0.15, 0.2) is 0 Å². The van der Waals surface area contributed by atoms with Gasteiger partial charge in [-0.3, -0.25) is 9.69 Å². The first-order valence-corrected chi connectivity index (χ1v) is 7.14. The molecule has 1 N–H and O–H groups in total. The molecule has 2 rings (SSSR count). The lowest BCUT2D eigenvalue weighted by Crippen LogP contribution is -2.39. The number of hydrogen-bond acceptors (Lipinski definition) is 2. The van der Waals surface area contributed by atoms with E-state index in [0.717, 1.165) is 24.3 Å². The number of carbonyl (C=O) groups is 1. The second-order valence-corrected chi connectivity index (χ2v) is 5.85. The molecule has 0 aliphatic carbocycles. The predicted molar refractivity (Wildman–Crippen MR) is 79.4 cm³/mol. The summed E-state index contributed by atoms with van der Waals surface area (Å²) in [5.74, 6) is 0.809. The first kappa shape index (κ1) is 14.1. The minimum atomic E-state index is 0.0982. The second-order valence-electron chi connectivity index (χ2n) is 5.85. The van der Waals surface area contributed by atoms with Crippen LogP contribution < -0.4 is 5.32 Å². The van der Waals surface area contributed by atoms with Crippen molar-refractivity contribution >= 4 is 11.6 Å². The summed E-state index contributed by atoms with van der Waals surface area (Å²) < 4.78 is 0. The zero-order valence-corrected chi connectivity index (χ0v) is 12.2. The lowest BCUT2D eigenvalue weighted by Gasteiger charge is -2.30. The van der Waals surface area contributed by atoms with E-state index in [0.29, 0.717) is 12.5 Å². The highest BCUT2D eigenvalue weighted by atomic mass is 16.2. The topological polar surface area (TPSA) is 32.3 Å². The van der Waals surface area contributed by atoms with E-state index in [1.165, 1.54) is 18.4 Å². The monoisotopic (exact) mass is 260 g/mol. The molecule has 1 saturated heterocycles. The Morgan fingerprint density at radius 1 is 1.42 bits per heavy atom. The summed E-state index contributed by atoms with van der Waals surface area (Å²) in [6.45, 7) is 8.95. The van der Waals surface area contributed by atoms with Gasteiger partial charge in [0.1, 0.15) is 0 Å². The summed E-state index contributed by atoms with van der Waals surface area (Å²) in [4.78, 5) is 14.3. The van der Waals surface area contributed by atoms with Gasteiger partial charge in [-0.25, -0.2) is 0 Å². The molecule has 19 heavy (non-hydrogen) atoms. The maximum atomic E-state index is 12.1. The van der Waals surface area contributed by atoms with E-state index >= 15 is 0 Å². The largest absolute Gasteiger partial charge is 0.325 e. The number of piperidine rings is 1. The fourth-order valence-electron chi connectivity index (χ4n) is 2.78. The fraction of sp³-hybridized carbons (Fsp3) is 0.562. The van der Waals surface area contributed by atoms with E-state index in [1.54, 1.807) is 0 Å². The van der Waals surface area contributed by atoms with Crippen LogP contribution in [-0.4, -0.2) is 30.4 Å². The molecule has 0 spiro atoms. The van der Waals surface area contributed by atoms with Crippen LogP contribution in [0.3, 0.4) is 0 Å². The van der Waals surface area contributed by atoms with Gasteiger partial charge >= 0.3 is 0 Å². The van der Waals surface area contributed by atoms with Crippen molar-refractivity contribution in [3.63, 3.8) is 0 Å². The third-order valence-electron chi connectivity index (χ3n) is 3.76. The molecule has 1 amide bonds. The summed E-state index contributed by atoms with van der Waals surface area (Å²) in [6, 6.07) is 6.12. The van der Waals surface area contributed by atoms with Gasteiger partial charge < -0.3 is 5.32 Å². The molecule has 3 heteroatoms. The van der Waals surface area contributed by atoms with Crippen molar-refractivity contribution in [1.29, 1.82) is 0 Å². The van der Waals surface area contributed by atoms with E-state index in [1.807, 2.05) is 19.1 Å². The quantitative estimate of drug-likeness (QED) is 0.906. The van der Waals surface area contributed by atoms with Gasteiger partial charge in [-0.05, 0) is 50.8 Å². The van der Waals surface area contributed by atoms with Crippen LogP contribution in [0.25, 0.3) is 0 Å². The van der Waals surface area contributed by atoms with Gasteiger partial charge in [-0.2, -0.15) is 0 Å². The molecule has 0 saturated carbocycles. The third-order valence-corrected chi connectivity index (χ3v) is 3.76. The highest BCUT2D eigenvalue weighted by molar-refractivity contribution is 5.93. The number of benzene rings is 1. The SMILES string of the molecule is Cc1ccc(NC(=O)CN2CCC[C@H](C)C2)c(C)c1. The molecule has 1 heterocycles. The van der Waals surface area contributed by atoms with Crippen LogP contribution in [0.5, 0.6) is 0 Å². The van der Waals surface area contributed by atoms with Gasteiger partial charge in [0.05, 0.1) is 6.54 Å². The van der Waals surface area contributed by atoms with Crippen LogP contribution in [0.4, 0.5) is 5.69 Å². The summed E-state index contributed by atoms with van der Waals surface area (Å²) >= 11 is 0. The summed E-state index contributed by atoms with van der Waals surface area (Å²) in [5, 5.41) is 3.02. The molecular formula is C16H24N2O. The Balaban J connectivity index is 1.90. The molecule has 1 aromatic rings. The van der Waals surface area contributed by atoms with Crippen LogP contribution in [0.1, 0.15) is 30.9 Å². The predicted octanol–water partition coefficient (Wildman–Crippen LogP) is 2.97. The molecule has 0 radical (unpaired) electrons. The summed E-state index contributed by atoms with van der Waals surface area (Å²) in [6.07, 6.45) is 2.49. The number of hydrogen-bond donors (Lipinski definition) is 1. The second kappa shape index (κ2) is 6.20. The number of amides is 1. The van der Waals surface area contributed by atoms with Gasteiger partial charge in [0.2, 0.25) is 5.91 Å². The van der Waals surface area contributed by atoms with E-state index < -0.39 is 0 Å². The van der Waals surface area contributed by atoms with Crippen molar-refractivity contribution in [2.75, 3.05) is 25.0 Å². The van der Waals surface area contributed by atoms with Crippen molar-refractivity contribution in [3.05, 3.63) is 29.3 Å².